The van der Waals surface area contributed by atoms with Crippen LogP contribution in [0.3, 0.4) is 0 Å². The molecule has 0 amide bonds. The van der Waals surface area contributed by atoms with Crippen molar-refractivity contribution in [3.63, 3.8) is 0 Å². The molecule has 0 aliphatic rings. The molecule has 1 aromatic heterocycles. The first kappa shape index (κ1) is 25.9. The number of rotatable bonds is 6. The van der Waals surface area contributed by atoms with Gasteiger partial charge in [-0.05, 0) is 66.6 Å². The van der Waals surface area contributed by atoms with E-state index in [2.05, 4.69) is 37.4 Å². The number of guanidine groups is 1. The number of aromatic nitrogens is 2. The normalized spacial score (nSPS) is 10.8. The molecule has 1 heterocycles. The summed E-state index contributed by atoms with van der Waals surface area (Å²) in [4.78, 5) is 14.2. The van der Waals surface area contributed by atoms with Crippen molar-refractivity contribution in [1.29, 1.82) is 5.26 Å². The summed E-state index contributed by atoms with van der Waals surface area (Å²) in [6.07, 6.45) is 3.29. The highest BCUT2D eigenvalue weighted by atomic mass is 19.1. The summed E-state index contributed by atoms with van der Waals surface area (Å²) in [6.45, 7) is 2.57. The average Bonchev–Trinajstić information content (AvgIpc) is 2.90. The van der Waals surface area contributed by atoms with Gasteiger partial charge < -0.3 is 20.3 Å². The number of hydrogen-bond donors (Lipinski definition) is 2. The van der Waals surface area contributed by atoms with Gasteiger partial charge in [-0.25, -0.2) is 14.4 Å². The van der Waals surface area contributed by atoms with Crippen LogP contribution in [0.4, 0.5) is 15.9 Å². The Balaban J connectivity index is 1.47. The van der Waals surface area contributed by atoms with E-state index in [0.717, 1.165) is 39.0 Å². The topological polar surface area (TPSA) is 98.5 Å². The predicted octanol–water partition coefficient (Wildman–Crippen LogP) is 4.74. The van der Waals surface area contributed by atoms with Crippen molar-refractivity contribution in [2.24, 2.45) is 4.99 Å². The first-order valence-electron chi connectivity index (χ1n) is 11.8. The number of fused-ring (bicyclic) bond motifs is 1. The summed E-state index contributed by atoms with van der Waals surface area (Å²) in [5.74, 6) is 7.70. The van der Waals surface area contributed by atoms with Gasteiger partial charge in [0.2, 0.25) is 12.2 Å². The van der Waals surface area contributed by atoms with Crippen LogP contribution in [0.5, 0.6) is 5.75 Å². The molecule has 0 aliphatic heterocycles. The Bertz CT molecular complexity index is 1580. The zero-order chi connectivity index (χ0) is 26.9. The van der Waals surface area contributed by atoms with Crippen LogP contribution in [0.2, 0.25) is 0 Å². The van der Waals surface area contributed by atoms with Crippen LogP contribution >= 0.6 is 0 Å². The van der Waals surface area contributed by atoms with E-state index in [1.807, 2.05) is 49.4 Å². The number of halogens is 1. The van der Waals surface area contributed by atoms with Crippen LogP contribution in [0.1, 0.15) is 16.7 Å². The highest BCUT2D eigenvalue weighted by Gasteiger charge is 2.08. The van der Waals surface area contributed by atoms with Crippen molar-refractivity contribution >= 4 is 28.4 Å². The van der Waals surface area contributed by atoms with Crippen molar-refractivity contribution < 1.29 is 9.13 Å². The summed E-state index contributed by atoms with van der Waals surface area (Å²) < 4.78 is 19.3. The van der Waals surface area contributed by atoms with Crippen LogP contribution in [0, 0.1) is 36.0 Å². The minimum atomic E-state index is -0.284. The number of benzene rings is 3. The third-order valence-corrected chi connectivity index (χ3v) is 5.50. The summed E-state index contributed by atoms with van der Waals surface area (Å²) in [5.41, 5.74) is 4.13. The summed E-state index contributed by atoms with van der Waals surface area (Å²) in [7, 11) is 3.59. The van der Waals surface area contributed by atoms with Crippen LogP contribution in [-0.2, 0) is 6.61 Å². The lowest BCUT2D eigenvalue weighted by Gasteiger charge is -2.13. The van der Waals surface area contributed by atoms with Gasteiger partial charge in [-0.2, -0.15) is 5.26 Å². The predicted molar refractivity (Wildman–Crippen MR) is 146 cm³/mol. The van der Waals surface area contributed by atoms with Gasteiger partial charge in [0.25, 0.3) is 0 Å². The van der Waals surface area contributed by atoms with E-state index in [-0.39, 0.29) is 12.4 Å². The van der Waals surface area contributed by atoms with Gasteiger partial charge in [0, 0.05) is 30.7 Å². The molecule has 8 nitrogen and oxygen atoms in total. The van der Waals surface area contributed by atoms with Gasteiger partial charge >= 0.3 is 0 Å². The molecule has 9 heteroatoms. The summed E-state index contributed by atoms with van der Waals surface area (Å²) in [6, 6.07) is 17.9. The molecule has 0 saturated carbocycles. The van der Waals surface area contributed by atoms with Crippen molar-refractivity contribution in [2.75, 3.05) is 26.0 Å². The van der Waals surface area contributed by atoms with Gasteiger partial charge in [0.05, 0.1) is 12.1 Å². The van der Waals surface area contributed by atoms with Gasteiger partial charge in [0.15, 0.2) is 0 Å². The highest BCUT2D eigenvalue weighted by molar-refractivity contribution is 5.91. The zero-order valence-electron chi connectivity index (χ0n) is 21.3. The van der Waals surface area contributed by atoms with Gasteiger partial charge in [0.1, 0.15) is 30.3 Å². The molecule has 0 aliphatic carbocycles. The van der Waals surface area contributed by atoms with E-state index in [9.17, 15) is 4.39 Å². The first-order valence-corrected chi connectivity index (χ1v) is 11.8. The Morgan fingerprint density at radius 1 is 1.11 bits per heavy atom. The SMILES string of the molecule is Cc1cc(Nc2ncnc3ccc(C#CCN/C(=N/C#N)N(C)C)cc23)ccc1OCc1cccc(F)c1. The van der Waals surface area contributed by atoms with Crippen LogP contribution in [0.25, 0.3) is 10.9 Å². The number of nitrogens with zero attached hydrogens (tertiary/aromatic N) is 5. The lowest BCUT2D eigenvalue weighted by atomic mass is 10.1. The molecule has 190 valence electrons. The van der Waals surface area contributed by atoms with E-state index < -0.39 is 0 Å². The third kappa shape index (κ3) is 6.74. The molecule has 38 heavy (non-hydrogen) atoms. The molecule has 4 rings (SSSR count). The van der Waals surface area contributed by atoms with E-state index in [0.29, 0.717) is 18.3 Å². The second-order valence-corrected chi connectivity index (χ2v) is 8.56. The van der Waals surface area contributed by atoms with Crippen LogP contribution < -0.4 is 15.4 Å². The zero-order valence-corrected chi connectivity index (χ0v) is 21.3. The van der Waals surface area contributed by atoms with Crippen molar-refractivity contribution in [1.82, 2.24) is 20.2 Å². The Morgan fingerprint density at radius 3 is 2.74 bits per heavy atom. The molecule has 0 bridgehead atoms. The molecular weight excluding hydrogens is 481 g/mol. The molecule has 0 saturated heterocycles. The maximum atomic E-state index is 13.4. The minimum absolute atomic E-state index is 0.281. The number of hydrogen-bond acceptors (Lipinski definition) is 6. The Kier molecular flexibility index (Phi) is 8.32. The van der Waals surface area contributed by atoms with E-state index in [1.165, 1.54) is 18.5 Å². The van der Waals surface area contributed by atoms with Crippen LogP contribution in [0.15, 0.2) is 72.0 Å². The van der Waals surface area contributed by atoms with Crippen molar-refractivity contribution in [3.8, 4) is 23.8 Å². The third-order valence-electron chi connectivity index (χ3n) is 5.50. The molecule has 0 fully saturated rings. The number of ether oxygens (including phenoxy) is 1. The standard InChI is InChI=1S/C29H26FN7O/c1-20-14-24(10-12-27(20)38-17-22-6-4-8-23(30)15-22)36-28-25-16-21(9-11-26(25)34-19-35-28)7-5-13-32-29(33-18-31)37(2)3/h4,6,8-12,14-16,19H,13,17H2,1-3H3,(H,32,33)(H,34,35,36). The lowest BCUT2D eigenvalue weighted by molar-refractivity contribution is 0.303. The summed E-state index contributed by atoms with van der Waals surface area (Å²) in [5, 5.41) is 16.0. The van der Waals surface area contributed by atoms with E-state index in [1.54, 1.807) is 31.3 Å². The molecule has 0 atom stereocenters. The molecule has 0 spiro atoms. The van der Waals surface area contributed by atoms with Crippen molar-refractivity contribution in [3.05, 3.63) is 89.5 Å². The number of nitriles is 1. The van der Waals surface area contributed by atoms with Crippen LogP contribution in [-0.4, -0.2) is 41.5 Å². The monoisotopic (exact) mass is 507 g/mol. The largest absolute Gasteiger partial charge is 0.489 e. The fraction of sp³-hybridized carbons (Fsp3) is 0.172. The van der Waals surface area contributed by atoms with Crippen molar-refractivity contribution in [2.45, 2.75) is 13.5 Å². The maximum Gasteiger partial charge on any atom is 0.210 e. The highest BCUT2D eigenvalue weighted by Crippen LogP contribution is 2.28. The Hall–Kier alpha value is -5.15. The molecule has 4 aromatic rings. The number of aryl methyl sites for hydroxylation is 1. The van der Waals surface area contributed by atoms with Gasteiger partial charge in [-0.3, -0.25) is 0 Å². The fourth-order valence-electron chi connectivity index (χ4n) is 3.66. The smallest absolute Gasteiger partial charge is 0.210 e. The minimum Gasteiger partial charge on any atom is -0.489 e. The quantitative estimate of drug-likeness (QED) is 0.168. The van der Waals surface area contributed by atoms with Gasteiger partial charge in [-0.1, -0.05) is 24.0 Å². The average molecular weight is 508 g/mol. The van der Waals surface area contributed by atoms with Gasteiger partial charge in [-0.15, -0.1) is 4.99 Å². The second-order valence-electron chi connectivity index (χ2n) is 8.56. The number of nitrogens with one attached hydrogen (secondary N) is 2. The Labute approximate surface area is 220 Å². The lowest BCUT2D eigenvalue weighted by Crippen LogP contribution is -2.36. The van der Waals surface area contributed by atoms with E-state index in [4.69, 9.17) is 10.00 Å². The fourth-order valence-corrected chi connectivity index (χ4v) is 3.66. The molecule has 3 aromatic carbocycles. The number of anilines is 2. The molecular formula is C29H26FN7O. The first-order chi connectivity index (χ1) is 18.4. The summed E-state index contributed by atoms with van der Waals surface area (Å²) >= 11 is 0. The second kappa shape index (κ2) is 12.2. The molecule has 0 radical (unpaired) electrons. The maximum absolute atomic E-state index is 13.4. The Morgan fingerprint density at radius 2 is 1.97 bits per heavy atom. The molecule has 0 unspecified atom stereocenters. The molecule has 2 N–H and O–H groups in total. The van der Waals surface area contributed by atoms with E-state index >= 15 is 0 Å². The number of aliphatic imine (C=N–C) groups is 1.